The Hall–Kier alpha value is -1.76. The molecule has 3 rings (SSSR count). The Morgan fingerprint density at radius 2 is 1.96 bits per heavy atom. The first-order chi connectivity index (χ1) is 12.3. The Morgan fingerprint density at radius 3 is 2.72 bits per heavy atom. The van der Waals surface area contributed by atoms with E-state index in [1.165, 1.54) is 5.56 Å². The third kappa shape index (κ3) is 5.11. The van der Waals surface area contributed by atoms with Crippen molar-refractivity contribution in [2.75, 3.05) is 39.9 Å². The van der Waals surface area contributed by atoms with Gasteiger partial charge in [-0.25, -0.2) is 0 Å². The quantitative estimate of drug-likeness (QED) is 0.732. The van der Waals surface area contributed by atoms with Gasteiger partial charge in [0.2, 0.25) is 11.8 Å². The number of benzene rings is 1. The lowest BCUT2D eigenvalue weighted by molar-refractivity contribution is 0.0430. The second-order valence-electron chi connectivity index (χ2n) is 6.58. The molecule has 2 aromatic rings. The van der Waals surface area contributed by atoms with Gasteiger partial charge in [-0.3, -0.25) is 9.80 Å². The van der Waals surface area contributed by atoms with Crippen molar-refractivity contribution in [3.63, 3.8) is 0 Å². The van der Waals surface area contributed by atoms with Gasteiger partial charge in [-0.2, -0.15) is 0 Å². The van der Waals surface area contributed by atoms with E-state index < -0.39 is 0 Å². The van der Waals surface area contributed by atoms with Gasteiger partial charge in [-0.1, -0.05) is 37.3 Å². The highest BCUT2D eigenvalue weighted by Gasteiger charge is 2.26. The molecule has 0 aliphatic carbocycles. The summed E-state index contributed by atoms with van der Waals surface area (Å²) in [5.74, 6) is 1.40. The van der Waals surface area contributed by atoms with Gasteiger partial charge >= 0.3 is 0 Å². The van der Waals surface area contributed by atoms with E-state index in [4.69, 9.17) is 9.15 Å². The first-order valence-electron chi connectivity index (χ1n) is 9.09. The second-order valence-corrected chi connectivity index (χ2v) is 6.58. The highest BCUT2D eigenvalue weighted by atomic mass is 16.5. The maximum Gasteiger partial charge on any atom is 0.230 e. The molecule has 1 fully saturated rings. The number of methoxy groups -OCH3 is 1. The Balaban J connectivity index is 1.53. The SMILES string of the molecule is CC[C@H]1CN(Cc2nnc(Cc3ccccc3)o2)CCN1CCOC. The average Bonchev–Trinajstić information content (AvgIpc) is 3.08. The summed E-state index contributed by atoms with van der Waals surface area (Å²) in [6.07, 6.45) is 1.83. The number of hydrogen-bond donors (Lipinski definition) is 0. The van der Waals surface area contributed by atoms with Crippen LogP contribution in [0.1, 0.15) is 30.7 Å². The minimum atomic E-state index is 0.565. The van der Waals surface area contributed by atoms with E-state index in [-0.39, 0.29) is 0 Å². The largest absolute Gasteiger partial charge is 0.424 e. The lowest BCUT2D eigenvalue weighted by Crippen LogP contribution is -2.53. The molecule has 1 atom stereocenters. The van der Waals surface area contributed by atoms with E-state index in [1.807, 2.05) is 18.2 Å². The van der Waals surface area contributed by atoms with Gasteiger partial charge in [0.05, 0.1) is 19.6 Å². The summed E-state index contributed by atoms with van der Waals surface area (Å²) in [6, 6.07) is 10.8. The monoisotopic (exact) mass is 344 g/mol. The Morgan fingerprint density at radius 1 is 1.16 bits per heavy atom. The molecule has 0 saturated carbocycles. The lowest BCUT2D eigenvalue weighted by Gasteiger charge is -2.40. The molecule has 0 N–H and O–H groups in total. The van der Waals surface area contributed by atoms with Crippen LogP contribution in [-0.2, 0) is 17.7 Å². The predicted molar refractivity (Wildman–Crippen MR) is 96.4 cm³/mol. The van der Waals surface area contributed by atoms with Crippen LogP contribution < -0.4 is 0 Å². The molecule has 0 amide bonds. The number of hydrogen-bond acceptors (Lipinski definition) is 6. The minimum absolute atomic E-state index is 0.565. The molecule has 0 bridgehead atoms. The van der Waals surface area contributed by atoms with E-state index in [9.17, 15) is 0 Å². The molecule has 6 nitrogen and oxygen atoms in total. The lowest BCUT2D eigenvalue weighted by atomic mass is 10.1. The number of rotatable bonds is 8. The Bertz CT molecular complexity index is 631. The zero-order valence-corrected chi connectivity index (χ0v) is 15.2. The van der Waals surface area contributed by atoms with Crippen molar-refractivity contribution in [2.45, 2.75) is 32.4 Å². The van der Waals surface area contributed by atoms with Crippen molar-refractivity contribution in [1.82, 2.24) is 20.0 Å². The summed E-state index contributed by atoms with van der Waals surface area (Å²) in [7, 11) is 1.76. The molecule has 25 heavy (non-hydrogen) atoms. The van der Waals surface area contributed by atoms with Crippen LogP contribution in [0.25, 0.3) is 0 Å². The normalized spacial score (nSPS) is 19.4. The van der Waals surface area contributed by atoms with E-state index in [2.05, 4.69) is 39.1 Å². The van der Waals surface area contributed by atoms with Crippen LogP contribution in [0.4, 0.5) is 0 Å². The summed E-state index contributed by atoms with van der Waals surface area (Å²) in [4.78, 5) is 4.94. The molecule has 136 valence electrons. The maximum atomic E-state index is 5.85. The van der Waals surface area contributed by atoms with Gasteiger partial charge in [0.15, 0.2) is 0 Å². The molecule has 6 heteroatoms. The van der Waals surface area contributed by atoms with Crippen molar-refractivity contribution < 1.29 is 9.15 Å². The van der Waals surface area contributed by atoms with Crippen LogP contribution in [0.3, 0.4) is 0 Å². The fourth-order valence-electron chi connectivity index (χ4n) is 3.38. The smallest absolute Gasteiger partial charge is 0.230 e. The van der Waals surface area contributed by atoms with Gasteiger partial charge < -0.3 is 9.15 Å². The number of aromatic nitrogens is 2. The van der Waals surface area contributed by atoms with Gasteiger partial charge in [0, 0.05) is 39.3 Å². The van der Waals surface area contributed by atoms with Crippen LogP contribution >= 0.6 is 0 Å². The van der Waals surface area contributed by atoms with Crippen LogP contribution in [0.15, 0.2) is 34.7 Å². The zero-order chi connectivity index (χ0) is 17.5. The number of nitrogens with zero attached hydrogens (tertiary/aromatic N) is 4. The first-order valence-corrected chi connectivity index (χ1v) is 9.09. The number of piperazine rings is 1. The van der Waals surface area contributed by atoms with Crippen LogP contribution in [0.5, 0.6) is 0 Å². The molecular formula is C19H28N4O2. The van der Waals surface area contributed by atoms with E-state index in [1.54, 1.807) is 7.11 Å². The van der Waals surface area contributed by atoms with Crippen molar-refractivity contribution in [2.24, 2.45) is 0 Å². The van der Waals surface area contributed by atoms with Gasteiger partial charge in [-0.15, -0.1) is 10.2 Å². The van der Waals surface area contributed by atoms with Crippen molar-refractivity contribution in [3.05, 3.63) is 47.7 Å². The Kier molecular flexibility index (Phi) is 6.55. The zero-order valence-electron chi connectivity index (χ0n) is 15.2. The molecule has 2 heterocycles. The summed E-state index contributed by atoms with van der Waals surface area (Å²) in [6.45, 7) is 7.91. The average molecular weight is 344 g/mol. The van der Waals surface area contributed by atoms with E-state index in [0.29, 0.717) is 24.2 Å². The van der Waals surface area contributed by atoms with Gasteiger partial charge in [0.25, 0.3) is 0 Å². The third-order valence-electron chi connectivity index (χ3n) is 4.81. The summed E-state index contributed by atoms with van der Waals surface area (Å²) in [5.41, 5.74) is 1.19. The van der Waals surface area contributed by atoms with Crippen LogP contribution in [0, 0.1) is 0 Å². The third-order valence-corrected chi connectivity index (χ3v) is 4.81. The van der Waals surface area contributed by atoms with Crippen molar-refractivity contribution in [3.8, 4) is 0 Å². The Labute approximate surface area is 149 Å². The van der Waals surface area contributed by atoms with Gasteiger partial charge in [-0.05, 0) is 12.0 Å². The molecule has 1 saturated heterocycles. The molecule has 0 spiro atoms. The van der Waals surface area contributed by atoms with Crippen LogP contribution in [-0.4, -0.2) is 65.9 Å². The summed E-state index contributed by atoms with van der Waals surface area (Å²) < 4.78 is 11.1. The number of ether oxygens (including phenoxy) is 1. The molecule has 0 unspecified atom stereocenters. The topological polar surface area (TPSA) is 54.6 Å². The van der Waals surface area contributed by atoms with E-state index in [0.717, 1.165) is 45.8 Å². The summed E-state index contributed by atoms with van der Waals surface area (Å²) >= 11 is 0. The predicted octanol–water partition coefficient (Wildman–Crippen LogP) is 2.20. The second kappa shape index (κ2) is 9.08. The summed E-state index contributed by atoms with van der Waals surface area (Å²) in [5, 5.41) is 8.44. The first kappa shape index (κ1) is 18.0. The standard InChI is InChI=1S/C19H28N4O2/c1-3-17-14-22(9-10-23(17)11-12-24-2)15-19-21-20-18(25-19)13-16-7-5-4-6-8-16/h4-8,17H,3,9-15H2,1-2H3/t17-/m0/s1. The molecule has 1 aromatic carbocycles. The van der Waals surface area contributed by atoms with E-state index >= 15 is 0 Å². The molecule has 1 aromatic heterocycles. The van der Waals surface area contributed by atoms with Crippen molar-refractivity contribution >= 4 is 0 Å². The fourth-order valence-corrected chi connectivity index (χ4v) is 3.38. The van der Waals surface area contributed by atoms with Gasteiger partial charge in [0.1, 0.15) is 0 Å². The minimum Gasteiger partial charge on any atom is -0.424 e. The molecule has 1 aliphatic rings. The highest BCUT2D eigenvalue weighted by molar-refractivity contribution is 5.17. The molecule has 1 aliphatic heterocycles. The van der Waals surface area contributed by atoms with Crippen LogP contribution in [0.2, 0.25) is 0 Å². The molecule has 0 radical (unpaired) electrons. The maximum absolute atomic E-state index is 5.85. The fraction of sp³-hybridized carbons (Fsp3) is 0.579. The molecular weight excluding hydrogens is 316 g/mol. The highest BCUT2D eigenvalue weighted by Crippen LogP contribution is 2.16. The van der Waals surface area contributed by atoms with Crippen molar-refractivity contribution in [1.29, 1.82) is 0 Å².